The van der Waals surface area contributed by atoms with Crippen LogP contribution in [-0.2, 0) is 29.2 Å². The van der Waals surface area contributed by atoms with E-state index in [9.17, 15) is 36.2 Å². The van der Waals surface area contributed by atoms with E-state index in [-0.39, 0.29) is 101 Å². The molecule has 3 saturated carbocycles. The molecule has 0 aromatic heterocycles. The normalized spacial score (nSPS) is 38.2. The number of aliphatic hydroxyl groups excluding tert-OH is 2. The Labute approximate surface area is 289 Å². The summed E-state index contributed by atoms with van der Waals surface area (Å²) in [6.45, 7) is 9.74. The molecule has 0 heterocycles. The van der Waals surface area contributed by atoms with E-state index in [1.807, 2.05) is 0 Å². The van der Waals surface area contributed by atoms with Crippen molar-refractivity contribution in [3.8, 4) is 0 Å². The number of hydrogen-bond donors (Lipinski definition) is 2. The first-order valence-electron chi connectivity index (χ1n) is 13.9. The fourth-order valence-electron chi connectivity index (χ4n) is 8.93. The van der Waals surface area contributed by atoms with E-state index in [0.717, 1.165) is 37.7 Å². The molecule has 4 aliphatic rings. The Bertz CT molecular complexity index is 1190. The van der Waals surface area contributed by atoms with Gasteiger partial charge >= 0.3 is 59.1 Å². The van der Waals surface area contributed by atoms with Crippen LogP contribution in [0.5, 0.6) is 0 Å². The van der Waals surface area contributed by atoms with Crippen molar-refractivity contribution in [2.75, 3.05) is 6.61 Å². The van der Waals surface area contributed by atoms with Gasteiger partial charge in [0.2, 0.25) is 20.8 Å². The number of fused-ring (bicyclic) bond motifs is 5. The summed E-state index contributed by atoms with van der Waals surface area (Å²) in [7, 11) is -9.77. The minimum Gasteiger partial charge on any atom is -0.726 e. The number of rotatable bonds is 10. The molecular weight excluding hydrogens is 594 g/mol. The van der Waals surface area contributed by atoms with E-state index in [4.69, 9.17) is 4.18 Å². The van der Waals surface area contributed by atoms with Crippen molar-refractivity contribution in [2.24, 2.45) is 40.4 Å². The number of hydrogen-bond acceptors (Lipinski definition) is 10. The molecule has 4 aliphatic carbocycles. The first-order chi connectivity index (χ1) is 17.9. The van der Waals surface area contributed by atoms with Crippen molar-refractivity contribution >= 4 is 20.8 Å². The summed E-state index contributed by atoms with van der Waals surface area (Å²) < 4.78 is 77.0. The molecule has 3 unspecified atom stereocenters. The molecule has 10 atom stereocenters. The molecule has 10 nitrogen and oxygen atoms in total. The summed E-state index contributed by atoms with van der Waals surface area (Å²) >= 11 is 0. The molecule has 0 radical (unpaired) electrons. The quantitative estimate of drug-likeness (QED) is 0.110. The van der Waals surface area contributed by atoms with Crippen molar-refractivity contribution in [3.63, 3.8) is 0 Å². The van der Waals surface area contributed by atoms with E-state index >= 15 is 0 Å². The smallest absolute Gasteiger partial charge is 0.726 e. The van der Waals surface area contributed by atoms with Gasteiger partial charge in [-0.2, -0.15) is 0 Å². The molecule has 2 N–H and O–H groups in total. The monoisotopic (exact) mass is 636 g/mol. The van der Waals surface area contributed by atoms with Crippen molar-refractivity contribution in [1.29, 1.82) is 0 Å². The standard InChI is InChI=1S/C27H44O10S2.2Na/c1-16(2)23(28)10-5-17(15-36-38(30,31)32)20-8-9-21-19-7-6-18-13-25(37-39(33,34)35)24(29)14-27(18,4)22(19)11-12-26(20,21)3;;/h6,17,19-25,28-29H,1,5,7-15H2,2-4H3,(H,30,31,32)(H,33,34,35);;/q;2*+1/p-2/t17-,19?,20+,21?,22?,23-,24-,25-,26+,27-;;/m0../s1. The minimum atomic E-state index is -4.93. The molecule has 41 heavy (non-hydrogen) atoms. The Hall–Kier alpha value is 1.14. The van der Waals surface area contributed by atoms with Crippen molar-refractivity contribution in [3.05, 3.63) is 23.8 Å². The fourth-order valence-corrected chi connectivity index (χ4v) is 9.77. The van der Waals surface area contributed by atoms with Gasteiger partial charge in [0.05, 0.1) is 18.8 Å². The maximum atomic E-state index is 11.3. The van der Waals surface area contributed by atoms with Crippen LogP contribution in [0.3, 0.4) is 0 Å². The average Bonchev–Trinajstić information content (AvgIpc) is 3.15. The molecule has 0 amide bonds. The molecule has 3 fully saturated rings. The predicted octanol–water partition coefficient (Wildman–Crippen LogP) is -2.80. The zero-order chi connectivity index (χ0) is 29.0. The van der Waals surface area contributed by atoms with Crippen molar-refractivity contribution in [1.82, 2.24) is 0 Å². The summed E-state index contributed by atoms with van der Waals surface area (Å²) in [5.74, 6) is 0.874. The third-order valence-electron chi connectivity index (χ3n) is 10.8. The van der Waals surface area contributed by atoms with Gasteiger partial charge in [-0.3, -0.25) is 8.37 Å². The topological polar surface area (TPSA) is 173 Å². The first kappa shape index (κ1) is 38.3. The minimum absolute atomic E-state index is 0. The van der Waals surface area contributed by atoms with Crippen molar-refractivity contribution in [2.45, 2.75) is 96.9 Å². The number of aliphatic hydroxyl groups is 2. The van der Waals surface area contributed by atoms with E-state index < -0.39 is 39.1 Å². The van der Waals surface area contributed by atoms with Gasteiger partial charge in [0.25, 0.3) is 0 Å². The van der Waals surface area contributed by atoms with Gasteiger partial charge in [-0.25, -0.2) is 16.8 Å². The number of allylic oxidation sites excluding steroid dienone is 1. The average molecular weight is 637 g/mol. The van der Waals surface area contributed by atoms with Crippen LogP contribution in [0.25, 0.3) is 0 Å². The summed E-state index contributed by atoms with van der Waals surface area (Å²) in [4.78, 5) is 0. The van der Waals surface area contributed by atoms with Gasteiger partial charge in [0, 0.05) is 0 Å². The van der Waals surface area contributed by atoms with Crippen LogP contribution >= 0.6 is 0 Å². The molecule has 0 bridgehead atoms. The van der Waals surface area contributed by atoms with Crippen LogP contribution in [0, 0.1) is 40.4 Å². The largest absolute Gasteiger partial charge is 1.00 e. The molecule has 224 valence electrons. The van der Waals surface area contributed by atoms with Crippen molar-refractivity contribution < 1.29 is 104 Å². The van der Waals surface area contributed by atoms with Crippen LogP contribution in [0.4, 0.5) is 0 Å². The Morgan fingerprint density at radius 3 is 2.34 bits per heavy atom. The van der Waals surface area contributed by atoms with Gasteiger partial charge in [0.15, 0.2) is 0 Å². The second kappa shape index (κ2) is 14.3. The third-order valence-corrected chi connectivity index (χ3v) is 11.7. The van der Waals surface area contributed by atoms with E-state index in [2.05, 4.69) is 30.7 Å². The predicted molar refractivity (Wildman–Crippen MR) is 140 cm³/mol. The summed E-state index contributed by atoms with van der Waals surface area (Å²) in [6, 6.07) is 0. The maximum absolute atomic E-state index is 11.3. The van der Waals surface area contributed by atoms with Crippen LogP contribution in [0.15, 0.2) is 23.8 Å². The van der Waals surface area contributed by atoms with E-state index in [1.165, 1.54) is 0 Å². The second-order valence-electron chi connectivity index (χ2n) is 12.9. The third kappa shape index (κ3) is 8.49. The Balaban J connectivity index is 0.00000294. The Kier molecular flexibility index (Phi) is 13.3. The second-order valence-corrected chi connectivity index (χ2v) is 15.0. The summed E-state index contributed by atoms with van der Waals surface area (Å²) in [5.41, 5.74) is 1.24. The SMILES string of the molecule is C=C(C)[C@@H](O)CC[C@@H](COS(=O)(=O)[O-])[C@H]1CCC2C3CC=C4C[C@H](OS(=O)(=O)[O-])[C@@H](O)C[C@]4(C)C3CC[C@@]21C.[Na+].[Na+]. The zero-order valence-electron chi connectivity index (χ0n) is 25.0. The molecule has 0 spiro atoms. The fraction of sp³-hybridized carbons (Fsp3) is 0.852. The summed E-state index contributed by atoms with van der Waals surface area (Å²) in [6.07, 6.45) is 5.18. The van der Waals surface area contributed by atoms with Crippen LogP contribution in [0.1, 0.15) is 78.6 Å². The van der Waals surface area contributed by atoms with E-state index in [1.54, 1.807) is 6.92 Å². The molecule has 0 aliphatic heterocycles. The van der Waals surface area contributed by atoms with Crippen LogP contribution in [0.2, 0.25) is 0 Å². The molecule has 4 rings (SSSR count). The summed E-state index contributed by atoms with van der Waals surface area (Å²) in [5, 5.41) is 21.1. The Morgan fingerprint density at radius 1 is 1.10 bits per heavy atom. The zero-order valence-corrected chi connectivity index (χ0v) is 30.6. The van der Waals surface area contributed by atoms with Crippen LogP contribution in [-0.4, -0.2) is 61.1 Å². The molecule has 0 aromatic rings. The van der Waals surface area contributed by atoms with E-state index in [0.29, 0.717) is 36.7 Å². The first-order valence-corrected chi connectivity index (χ1v) is 16.6. The Morgan fingerprint density at radius 2 is 1.76 bits per heavy atom. The van der Waals surface area contributed by atoms with Gasteiger partial charge in [-0.15, -0.1) is 0 Å². The van der Waals surface area contributed by atoms with Gasteiger partial charge in [0.1, 0.15) is 6.10 Å². The molecule has 0 aromatic carbocycles. The maximum Gasteiger partial charge on any atom is 1.00 e. The van der Waals surface area contributed by atoms with Gasteiger partial charge < -0.3 is 19.3 Å². The molecular formula is C27H42Na2O10S2. The molecule has 14 heteroatoms. The van der Waals surface area contributed by atoms with Gasteiger partial charge in [-0.05, 0) is 105 Å². The molecule has 0 saturated heterocycles. The van der Waals surface area contributed by atoms with Gasteiger partial charge in [-0.1, -0.05) is 37.6 Å². The van der Waals surface area contributed by atoms with Crippen LogP contribution < -0.4 is 59.1 Å².